The van der Waals surface area contributed by atoms with Crippen molar-refractivity contribution in [3.05, 3.63) is 95.6 Å². The van der Waals surface area contributed by atoms with E-state index in [1.165, 1.54) is 0 Å². The van der Waals surface area contributed by atoms with Crippen LogP contribution in [0.2, 0.25) is 0 Å². The Labute approximate surface area is 211 Å². The zero-order valence-electron chi connectivity index (χ0n) is 20.5. The molecule has 0 bridgehead atoms. The number of carbonyl (C=O) groups is 2. The molecule has 1 aliphatic carbocycles. The Kier molecular flexibility index (Phi) is 7.07. The fourth-order valence-corrected chi connectivity index (χ4v) is 5.05. The molecule has 1 atom stereocenters. The van der Waals surface area contributed by atoms with Gasteiger partial charge in [-0.1, -0.05) is 84.8 Å². The highest BCUT2D eigenvalue weighted by atomic mass is 16.2. The van der Waals surface area contributed by atoms with Crippen LogP contribution < -0.4 is 5.32 Å². The number of hydrogen-bond acceptors (Lipinski definition) is 4. The van der Waals surface area contributed by atoms with Gasteiger partial charge in [0, 0.05) is 12.6 Å². The zero-order valence-corrected chi connectivity index (χ0v) is 20.5. The smallest absolute Gasteiger partial charge is 0.247 e. The van der Waals surface area contributed by atoms with Crippen molar-refractivity contribution in [3.63, 3.8) is 0 Å². The maximum Gasteiger partial charge on any atom is 0.247 e. The minimum atomic E-state index is -0.755. The molecule has 2 amide bonds. The lowest BCUT2D eigenvalue weighted by Crippen LogP contribution is -2.47. The monoisotopic (exact) mass is 481 g/mol. The fourth-order valence-electron chi connectivity index (χ4n) is 5.05. The van der Waals surface area contributed by atoms with E-state index in [0.717, 1.165) is 53.4 Å². The van der Waals surface area contributed by atoms with Crippen molar-refractivity contribution >= 4 is 22.8 Å². The van der Waals surface area contributed by atoms with Gasteiger partial charge in [-0.3, -0.25) is 9.59 Å². The number of fused-ring (bicyclic) bond motifs is 1. The van der Waals surface area contributed by atoms with Gasteiger partial charge in [0.25, 0.3) is 0 Å². The number of aryl methyl sites for hydroxylation is 1. The second kappa shape index (κ2) is 10.7. The van der Waals surface area contributed by atoms with Gasteiger partial charge >= 0.3 is 0 Å². The summed E-state index contributed by atoms with van der Waals surface area (Å²) in [5.41, 5.74) is 4.28. The molecule has 7 heteroatoms. The maximum atomic E-state index is 14.0. The van der Waals surface area contributed by atoms with Crippen LogP contribution in [0, 0.1) is 6.92 Å². The molecular weight excluding hydrogens is 450 g/mol. The highest BCUT2D eigenvalue weighted by Crippen LogP contribution is 2.28. The third-order valence-electron chi connectivity index (χ3n) is 6.97. The first-order valence-corrected chi connectivity index (χ1v) is 12.6. The van der Waals surface area contributed by atoms with E-state index in [9.17, 15) is 9.59 Å². The van der Waals surface area contributed by atoms with Crippen molar-refractivity contribution in [2.24, 2.45) is 0 Å². The number of amides is 2. The maximum absolute atomic E-state index is 14.0. The molecule has 0 saturated heterocycles. The Morgan fingerprint density at radius 1 is 0.972 bits per heavy atom. The van der Waals surface area contributed by atoms with Gasteiger partial charge < -0.3 is 10.2 Å². The highest BCUT2D eigenvalue weighted by molar-refractivity contribution is 5.89. The van der Waals surface area contributed by atoms with Crippen LogP contribution in [0.15, 0.2) is 78.9 Å². The van der Waals surface area contributed by atoms with Crippen molar-refractivity contribution < 1.29 is 9.59 Å². The van der Waals surface area contributed by atoms with Gasteiger partial charge in [0.1, 0.15) is 18.1 Å². The molecule has 0 radical (unpaired) electrons. The summed E-state index contributed by atoms with van der Waals surface area (Å²) in [6.45, 7) is 2.29. The summed E-state index contributed by atoms with van der Waals surface area (Å²) >= 11 is 0. The summed E-state index contributed by atoms with van der Waals surface area (Å²) in [6, 6.07) is 24.6. The van der Waals surface area contributed by atoms with Crippen LogP contribution in [0.4, 0.5) is 0 Å². The molecule has 1 aliphatic rings. The van der Waals surface area contributed by atoms with E-state index in [0.29, 0.717) is 6.54 Å². The number of nitrogens with one attached hydrogen (secondary N) is 1. The normalized spacial score (nSPS) is 14.6. The van der Waals surface area contributed by atoms with Gasteiger partial charge in [-0.2, -0.15) is 0 Å². The molecule has 1 heterocycles. The number of rotatable bonds is 8. The van der Waals surface area contributed by atoms with Crippen molar-refractivity contribution in [1.82, 2.24) is 25.2 Å². The van der Waals surface area contributed by atoms with E-state index >= 15 is 0 Å². The summed E-state index contributed by atoms with van der Waals surface area (Å²) in [5.74, 6) is -0.326. The van der Waals surface area contributed by atoms with Gasteiger partial charge in [-0.05, 0) is 48.6 Å². The number of para-hydroxylation sites is 1. The van der Waals surface area contributed by atoms with E-state index in [4.69, 9.17) is 0 Å². The molecule has 0 aliphatic heterocycles. The molecule has 3 aromatic carbocycles. The molecule has 4 aromatic rings. The first-order valence-electron chi connectivity index (χ1n) is 12.6. The van der Waals surface area contributed by atoms with Crippen molar-refractivity contribution in [1.29, 1.82) is 0 Å². The zero-order chi connectivity index (χ0) is 24.9. The second-order valence-corrected chi connectivity index (χ2v) is 9.49. The summed E-state index contributed by atoms with van der Waals surface area (Å²) in [6.07, 6.45) is 4.19. The molecule has 184 valence electrons. The van der Waals surface area contributed by atoms with Crippen molar-refractivity contribution in [2.75, 3.05) is 0 Å². The van der Waals surface area contributed by atoms with Crippen LogP contribution in [-0.4, -0.2) is 37.7 Å². The predicted molar refractivity (Wildman–Crippen MR) is 139 cm³/mol. The molecule has 1 N–H and O–H groups in total. The van der Waals surface area contributed by atoms with Crippen LogP contribution >= 0.6 is 0 Å². The minimum Gasteiger partial charge on any atom is -0.351 e. The second-order valence-electron chi connectivity index (χ2n) is 9.49. The van der Waals surface area contributed by atoms with E-state index in [-0.39, 0.29) is 24.4 Å². The summed E-state index contributed by atoms with van der Waals surface area (Å²) in [4.78, 5) is 29.5. The van der Waals surface area contributed by atoms with Crippen molar-refractivity contribution in [3.8, 4) is 0 Å². The third kappa shape index (κ3) is 5.15. The lowest BCUT2D eigenvalue weighted by molar-refractivity contribution is -0.142. The number of hydrogen-bond donors (Lipinski definition) is 1. The van der Waals surface area contributed by atoms with E-state index in [1.54, 1.807) is 9.58 Å². The first kappa shape index (κ1) is 23.7. The predicted octanol–water partition coefficient (Wildman–Crippen LogP) is 4.57. The topological polar surface area (TPSA) is 80.1 Å². The van der Waals surface area contributed by atoms with E-state index in [1.807, 2.05) is 85.8 Å². The largest absolute Gasteiger partial charge is 0.351 e. The third-order valence-corrected chi connectivity index (χ3v) is 6.97. The molecule has 7 nitrogen and oxygen atoms in total. The van der Waals surface area contributed by atoms with E-state index < -0.39 is 6.04 Å². The van der Waals surface area contributed by atoms with Gasteiger partial charge in [-0.15, -0.1) is 5.10 Å². The van der Waals surface area contributed by atoms with Crippen LogP contribution in [0.3, 0.4) is 0 Å². The van der Waals surface area contributed by atoms with Crippen molar-refractivity contribution in [2.45, 2.75) is 57.8 Å². The molecule has 0 unspecified atom stereocenters. The lowest BCUT2D eigenvalue weighted by atomic mass is 9.97. The van der Waals surface area contributed by atoms with Crippen LogP contribution in [-0.2, 0) is 22.7 Å². The summed E-state index contributed by atoms with van der Waals surface area (Å²) < 4.78 is 1.61. The number of aromatic nitrogens is 3. The standard InChI is InChI=1S/C29H31N5O2/c1-21-11-5-8-16-24(21)28(29(36)30-23-14-6-7-15-23)33(19-22-12-3-2-4-13-22)27(35)20-34-26-18-10-9-17-25(26)31-32-34/h2-5,8-13,16-18,23,28H,6-7,14-15,19-20H2,1H3,(H,30,36)/t28-/m1/s1. The summed E-state index contributed by atoms with van der Waals surface area (Å²) in [5, 5.41) is 11.7. The van der Waals surface area contributed by atoms with Crippen LogP contribution in [0.25, 0.3) is 11.0 Å². The highest BCUT2D eigenvalue weighted by Gasteiger charge is 2.34. The molecule has 36 heavy (non-hydrogen) atoms. The van der Waals surface area contributed by atoms with Gasteiger partial charge in [0.2, 0.25) is 11.8 Å². The fraction of sp³-hybridized carbons (Fsp3) is 0.310. The van der Waals surface area contributed by atoms with Crippen LogP contribution in [0.1, 0.15) is 48.4 Å². The quantitative estimate of drug-likeness (QED) is 0.400. The number of nitrogens with zero attached hydrogens (tertiary/aromatic N) is 4. The molecule has 1 fully saturated rings. The van der Waals surface area contributed by atoms with E-state index in [2.05, 4.69) is 15.6 Å². The number of carbonyl (C=O) groups excluding carboxylic acids is 2. The Hall–Kier alpha value is -4.00. The van der Waals surface area contributed by atoms with Crippen LogP contribution in [0.5, 0.6) is 0 Å². The number of benzene rings is 3. The minimum absolute atomic E-state index is 0.00750. The van der Waals surface area contributed by atoms with Gasteiger partial charge in [-0.25, -0.2) is 4.68 Å². The average Bonchev–Trinajstić information content (AvgIpc) is 3.55. The molecule has 0 spiro atoms. The molecule has 1 saturated carbocycles. The molecule has 5 rings (SSSR count). The van der Waals surface area contributed by atoms with Gasteiger partial charge in [0.15, 0.2) is 0 Å². The van der Waals surface area contributed by atoms with Gasteiger partial charge in [0.05, 0.1) is 5.52 Å². The Morgan fingerprint density at radius 3 is 2.44 bits per heavy atom. The average molecular weight is 482 g/mol. The Morgan fingerprint density at radius 2 is 1.67 bits per heavy atom. The molecular formula is C29H31N5O2. The Balaban J connectivity index is 1.53. The lowest BCUT2D eigenvalue weighted by Gasteiger charge is -2.33. The summed E-state index contributed by atoms with van der Waals surface area (Å²) in [7, 11) is 0. The first-order chi connectivity index (χ1) is 17.6. The Bertz CT molecular complexity index is 1340. The SMILES string of the molecule is Cc1ccccc1[C@H](C(=O)NC1CCCC1)N(Cc1ccccc1)C(=O)Cn1nnc2ccccc21. The molecule has 1 aromatic heterocycles.